The maximum Gasteiger partial charge on any atom is 0.277 e. The fraction of sp³-hybridized carbons (Fsp3) is 0.278. The zero-order chi connectivity index (χ0) is 18.6. The summed E-state index contributed by atoms with van der Waals surface area (Å²) >= 11 is 8.89. The fourth-order valence-corrected chi connectivity index (χ4v) is 4.36. The normalized spacial score (nSPS) is 14.6. The highest BCUT2D eigenvalue weighted by molar-refractivity contribution is 7.99. The van der Waals surface area contributed by atoms with E-state index in [4.69, 9.17) is 16.0 Å². The first kappa shape index (κ1) is 18.3. The Labute approximate surface area is 170 Å². The van der Waals surface area contributed by atoms with Crippen LogP contribution in [0.5, 0.6) is 0 Å². The Morgan fingerprint density at radius 1 is 1.19 bits per heavy atom. The van der Waals surface area contributed by atoms with Gasteiger partial charge in [0.1, 0.15) is 0 Å². The van der Waals surface area contributed by atoms with E-state index in [0.29, 0.717) is 30.0 Å². The molecule has 140 valence electrons. The lowest BCUT2D eigenvalue weighted by molar-refractivity contribution is -0.128. The van der Waals surface area contributed by atoms with Gasteiger partial charge in [0.15, 0.2) is 0 Å². The molecule has 0 atom stereocenters. The number of thioether (sulfide) groups is 1. The highest BCUT2D eigenvalue weighted by Crippen LogP contribution is 2.27. The average Bonchev–Trinajstić information content (AvgIpc) is 3.38. The zero-order valence-electron chi connectivity index (χ0n) is 14.4. The van der Waals surface area contributed by atoms with Gasteiger partial charge in [0.05, 0.1) is 10.6 Å². The summed E-state index contributed by atoms with van der Waals surface area (Å²) < 4.78 is 5.61. The topological polar surface area (TPSA) is 62.5 Å². The number of nitrogens with zero attached hydrogens (tertiary/aromatic N) is 4. The first-order chi connectivity index (χ1) is 13.2. The van der Waals surface area contributed by atoms with Gasteiger partial charge in [-0.2, -0.15) is 0 Å². The minimum Gasteiger partial charge on any atom is -0.410 e. The molecule has 1 fully saturated rings. The van der Waals surface area contributed by atoms with Gasteiger partial charge in [-0.05, 0) is 29.6 Å². The van der Waals surface area contributed by atoms with Crippen molar-refractivity contribution in [3.8, 4) is 10.8 Å². The van der Waals surface area contributed by atoms with Gasteiger partial charge >= 0.3 is 0 Å². The number of hydrogen-bond acceptors (Lipinski definition) is 7. The smallest absolute Gasteiger partial charge is 0.277 e. The number of amides is 1. The number of hydrogen-bond donors (Lipinski definition) is 0. The summed E-state index contributed by atoms with van der Waals surface area (Å²) in [7, 11) is 0. The van der Waals surface area contributed by atoms with E-state index in [1.54, 1.807) is 11.3 Å². The summed E-state index contributed by atoms with van der Waals surface area (Å²) in [6, 6.07) is 11.7. The van der Waals surface area contributed by atoms with E-state index >= 15 is 0 Å². The number of aromatic nitrogens is 2. The molecule has 1 aliphatic rings. The van der Waals surface area contributed by atoms with Crippen molar-refractivity contribution in [3.63, 3.8) is 0 Å². The van der Waals surface area contributed by atoms with E-state index in [1.807, 2.05) is 46.7 Å². The molecule has 3 heterocycles. The number of rotatable bonds is 5. The molecule has 0 N–H and O–H groups in total. The molecule has 2 aromatic heterocycles. The Balaban J connectivity index is 1.27. The van der Waals surface area contributed by atoms with Crippen molar-refractivity contribution in [1.82, 2.24) is 15.1 Å². The molecule has 4 rings (SSSR count). The van der Waals surface area contributed by atoms with Crippen LogP contribution in [-0.4, -0.2) is 52.9 Å². The summed E-state index contributed by atoms with van der Waals surface area (Å²) in [5.74, 6) is 0.875. The quantitative estimate of drug-likeness (QED) is 0.583. The number of carbonyl (C=O) groups excluding carboxylic acids is 1. The number of piperazine rings is 1. The maximum atomic E-state index is 12.5. The number of thiophene rings is 1. The van der Waals surface area contributed by atoms with Gasteiger partial charge in [-0.1, -0.05) is 35.5 Å². The van der Waals surface area contributed by atoms with Crippen LogP contribution >= 0.6 is 34.7 Å². The molecule has 6 nitrogen and oxygen atoms in total. The largest absolute Gasteiger partial charge is 0.410 e. The van der Waals surface area contributed by atoms with Crippen molar-refractivity contribution in [1.29, 1.82) is 0 Å². The van der Waals surface area contributed by atoms with Crippen molar-refractivity contribution < 1.29 is 9.21 Å². The monoisotopic (exact) mass is 420 g/mol. The highest BCUT2D eigenvalue weighted by atomic mass is 35.5. The average molecular weight is 421 g/mol. The van der Waals surface area contributed by atoms with E-state index in [-0.39, 0.29) is 5.91 Å². The number of carbonyl (C=O) groups is 1. The second-order valence-corrected chi connectivity index (χ2v) is 8.30. The van der Waals surface area contributed by atoms with Crippen molar-refractivity contribution in [3.05, 3.63) is 46.8 Å². The van der Waals surface area contributed by atoms with Gasteiger partial charge in [-0.15, -0.1) is 21.5 Å². The Kier molecular flexibility index (Phi) is 5.66. The van der Waals surface area contributed by atoms with Crippen LogP contribution in [0, 0.1) is 0 Å². The predicted molar refractivity (Wildman–Crippen MR) is 109 cm³/mol. The molecule has 0 bridgehead atoms. The van der Waals surface area contributed by atoms with E-state index < -0.39 is 0 Å². The maximum absolute atomic E-state index is 12.5. The molecular formula is C18H17ClN4O2S2. The van der Waals surface area contributed by atoms with Gasteiger partial charge in [0.2, 0.25) is 5.91 Å². The lowest BCUT2D eigenvalue weighted by Crippen LogP contribution is -2.49. The van der Waals surface area contributed by atoms with Crippen LogP contribution in [0.2, 0.25) is 5.02 Å². The summed E-state index contributed by atoms with van der Waals surface area (Å²) in [6.45, 7) is 2.96. The Bertz CT molecular complexity index is 908. The lowest BCUT2D eigenvalue weighted by Gasteiger charge is -2.36. The van der Waals surface area contributed by atoms with Crippen LogP contribution in [-0.2, 0) is 4.79 Å². The summed E-state index contributed by atoms with van der Waals surface area (Å²) in [6.07, 6.45) is 0. The van der Waals surface area contributed by atoms with Gasteiger partial charge < -0.3 is 14.2 Å². The first-order valence-corrected chi connectivity index (χ1v) is 10.7. The minimum absolute atomic E-state index is 0.0848. The third-order valence-electron chi connectivity index (χ3n) is 4.26. The molecule has 0 spiro atoms. The summed E-state index contributed by atoms with van der Waals surface area (Å²) in [5.41, 5.74) is 1.09. The molecule has 27 heavy (non-hydrogen) atoms. The zero-order valence-corrected chi connectivity index (χ0v) is 16.8. The molecular weight excluding hydrogens is 404 g/mol. The molecule has 0 radical (unpaired) electrons. The van der Waals surface area contributed by atoms with Crippen LogP contribution in [0.4, 0.5) is 5.69 Å². The second kappa shape index (κ2) is 8.33. The van der Waals surface area contributed by atoms with Crippen molar-refractivity contribution in [2.45, 2.75) is 5.22 Å². The molecule has 1 amide bonds. The van der Waals surface area contributed by atoms with Crippen LogP contribution < -0.4 is 4.90 Å². The third-order valence-corrected chi connectivity index (χ3v) is 6.16. The predicted octanol–water partition coefficient (Wildman–Crippen LogP) is 3.89. The SMILES string of the molecule is O=C(CSc1nnc(-c2cccs2)o1)N1CCN(c2cccc(Cl)c2)CC1. The van der Waals surface area contributed by atoms with Crippen LogP contribution in [0.15, 0.2) is 51.4 Å². The van der Waals surface area contributed by atoms with Gasteiger partial charge in [0.25, 0.3) is 11.1 Å². The molecule has 9 heteroatoms. The van der Waals surface area contributed by atoms with Crippen molar-refractivity contribution in [2.24, 2.45) is 0 Å². The molecule has 0 aliphatic carbocycles. The highest BCUT2D eigenvalue weighted by Gasteiger charge is 2.22. The third kappa shape index (κ3) is 4.45. The van der Waals surface area contributed by atoms with Crippen LogP contribution in [0.1, 0.15) is 0 Å². The van der Waals surface area contributed by atoms with E-state index in [1.165, 1.54) is 11.8 Å². The molecule has 3 aromatic rings. The Morgan fingerprint density at radius 3 is 2.78 bits per heavy atom. The summed E-state index contributed by atoms with van der Waals surface area (Å²) in [4.78, 5) is 17.5. The molecule has 1 aromatic carbocycles. The van der Waals surface area contributed by atoms with Gasteiger partial charge in [-0.3, -0.25) is 4.79 Å². The minimum atomic E-state index is 0.0848. The first-order valence-electron chi connectivity index (χ1n) is 8.47. The fourth-order valence-electron chi connectivity index (χ4n) is 2.87. The van der Waals surface area contributed by atoms with Crippen LogP contribution in [0.3, 0.4) is 0 Å². The van der Waals surface area contributed by atoms with E-state index in [0.717, 1.165) is 28.7 Å². The molecule has 1 saturated heterocycles. The molecule has 1 aliphatic heterocycles. The number of anilines is 1. The van der Waals surface area contributed by atoms with Gasteiger partial charge in [0, 0.05) is 36.9 Å². The molecule has 0 saturated carbocycles. The van der Waals surface area contributed by atoms with Crippen molar-refractivity contribution in [2.75, 3.05) is 36.8 Å². The van der Waals surface area contributed by atoms with Crippen molar-refractivity contribution >= 4 is 46.3 Å². The Hall–Kier alpha value is -2.03. The van der Waals surface area contributed by atoms with Gasteiger partial charge in [-0.25, -0.2) is 0 Å². The summed E-state index contributed by atoms with van der Waals surface area (Å²) in [5, 5.41) is 11.1. The van der Waals surface area contributed by atoms with E-state index in [9.17, 15) is 4.79 Å². The lowest BCUT2D eigenvalue weighted by atomic mass is 10.2. The van der Waals surface area contributed by atoms with E-state index in [2.05, 4.69) is 15.1 Å². The van der Waals surface area contributed by atoms with Crippen LogP contribution in [0.25, 0.3) is 10.8 Å². The standard InChI is InChI=1S/C18H17ClN4O2S2/c19-13-3-1-4-14(11-13)22-6-8-23(9-7-22)16(24)12-27-18-21-20-17(25-18)15-5-2-10-26-15/h1-5,10-11H,6-9,12H2. The molecule has 0 unspecified atom stereocenters. The second-order valence-electron chi connectivity index (χ2n) is 5.99. The Morgan fingerprint density at radius 2 is 2.04 bits per heavy atom. The number of benzene rings is 1. The number of halogens is 1.